The van der Waals surface area contributed by atoms with Gasteiger partial charge < -0.3 is 14.4 Å². The van der Waals surface area contributed by atoms with Gasteiger partial charge in [-0.1, -0.05) is 5.56 Å². The van der Waals surface area contributed by atoms with Crippen LogP contribution in [0.15, 0.2) is 12.1 Å². The van der Waals surface area contributed by atoms with E-state index in [-0.39, 0.29) is 63.8 Å². The molecule has 1 radical (unpaired) electrons. The predicted molar refractivity (Wildman–Crippen MR) is 72.5 cm³/mol. The number of ether oxygens (including phenoxy) is 2. The SMILES string of the molecule is COCOc1cc(F)c(C2=[C-]CCC(=O)N2CC(F)F)c(F)c1.[Y]. The quantitative estimate of drug-likeness (QED) is 0.403. The first-order valence-corrected chi connectivity index (χ1v) is 6.74. The third-order valence-corrected chi connectivity index (χ3v) is 3.12. The number of benzene rings is 1. The molecular formula is C15H14F4NO3Y-. The van der Waals surface area contributed by atoms with Crippen molar-refractivity contribution in [2.24, 2.45) is 0 Å². The van der Waals surface area contributed by atoms with Gasteiger partial charge in [0.25, 0.3) is 6.43 Å². The summed E-state index contributed by atoms with van der Waals surface area (Å²) in [6.45, 7) is -1.15. The number of nitrogens with zero attached hydrogens (tertiary/aromatic N) is 1. The Morgan fingerprint density at radius 2 is 1.92 bits per heavy atom. The van der Waals surface area contributed by atoms with Crippen molar-refractivity contribution in [3.63, 3.8) is 0 Å². The van der Waals surface area contributed by atoms with Gasteiger partial charge in [0.1, 0.15) is 5.75 Å². The number of amides is 1. The van der Waals surface area contributed by atoms with Crippen molar-refractivity contribution in [3.8, 4) is 5.75 Å². The maximum atomic E-state index is 14.2. The van der Waals surface area contributed by atoms with Gasteiger partial charge in [-0.15, -0.1) is 12.1 Å². The Labute approximate surface area is 161 Å². The van der Waals surface area contributed by atoms with Gasteiger partial charge >= 0.3 is 0 Å². The second kappa shape index (κ2) is 9.48. The standard InChI is InChI=1S/C15H14F4NO3.Y/c1-22-8-23-9-5-10(16)15(11(17)6-9)12-3-2-4-14(21)20(12)7-13(18)19;/h5-6,13H,2,4,7-8H2,1H3;/q-1;. The van der Waals surface area contributed by atoms with Crippen LogP contribution in [0.2, 0.25) is 0 Å². The molecular weight excluding hydrogens is 407 g/mol. The number of carbonyl (C=O) groups is 1. The zero-order valence-electron chi connectivity index (χ0n) is 12.8. The molecule has 4 nitrogen and oxygen atoms in total. The van der Waals surface area contributed by atoms with Crippen molar-refractivity contribution in [3.05, 3.63) is 35.4 Å². The molecule has 0 atom stereocenters. The van der Waals surface area contributed by atoms with E-state index in [1.165, 1.54) is 7.11 Å². The van der Waals surface area contributed by atoms with Crippen LogP contribution in [0.25, 0.3) is 5.70 Å². The summed E-state index contributed by atoms with van der Waals surface area (Å²) >= 11 is 0. The minimum atomic E-state index is -2.83. The predicted octanol–water partition coefficient (Wildman–Crippen LogP) is 2.98. The van der Waals surface area contributed by atoms with Crippen molar-refractivity contribution in [2.75, 3.05) is 20.4 Å². The van der Waals surface area contributed by atoms with E-state index in [0.717, 1.165) is 12.1 Å². The van der Waals surface area contributed by atoms with Crippen LogP contribution >= 0.6 is 0 Å². The minimum absolute atomic E-state index is 0. The summed E-state index contributed by atoms with van der Waals surface area (Å²) in [5, 5.41) is 0. The number of halogens is 4. The van der Waals surface area contributed by atoms with E-state index in [1.54, 1.807) is 0 Å². The molecule has 0 saturated heterocycles. The molecule has 0 bridgehead atoms. The maximum absolute atomic E-state index is 14.2. The molecule has 1 heterocycles. The molecule has 0 aliphatic carbocycles. The van der Waals surface area contributed by atoms with Crippen LogP contribution in [-0.4, -0.2) is 37.7 Å². The molecule has 1 aliphatic heterocycles. The number of methoxy groups -OCH3 is 1. The molecule has 1 amide bonds. The largest absolute Gasteiger partial charge is 0.467 e. The number of hydrogen-bond donors (Lipinski definition) is 0. The number of alkyl halides is 2. The Kier molecular flexibility index (Phi) is 8.32. The fourth-order valence-corrected chi connectivity index (χ4v) is 2.18. The van der Waals surface area contributed by atoms with Crippen molar-refractivity contribution in [2.45, 2.75) is 19.3 Å². The van der Waals surface area contributed by atoms with E-state index in [9.17, 15) is 22.4 Å². The van der Waals surface area contributed by atoms with Crippen LogP contribution < -0.4 is 4.74 Å². The minimum Gasteiger partial charge on any atom is -0.467 e. The average Bonchev–Trinajstić information content (AvgIpc) is 2.47. The number of allylic oxidation sites excluding steroid dienone is 1. The Hall–Kier alpha value is -0.986. The molecule has 0 unspecified atom stereocenters. The van der Waals surface area contributed by atoms with E-state index in [1.807, 2.05) is 0 Å². The average molecular weight is 421 g/mol. The molecule has 0 spiro atoms. The summed E-state index contributed by atoms with van der Waals surface area (Å²) in [6, 6.07) is 1.79. The molecule has 1 aromatic rings. The molecule has 0 aromatic heterocycles. The van der Waals surface area contributed by atoms with Crippen molar-refractivity contribution in [1.82, 2.24) is 4.90 Å². The summed E-state index contributed by atoms with van der Waals surface area (Å²) in [7, 11) is 1.34. The van der Waals surface area contributed by atoms with Crippen LogP contribution in [0.1, 0.15) is 18.4 Å². The fourth-order valence-electron chi connectivity index (χ4n) is 2.18. The number of rotatable bonds is 6. The smallest absolute Gasteiger partial charge is 0.256 e. The zero-order valence-corrected chi connectivity index (χ0v) is 15.7. The Bertz CT molecular complexity index is 602. The van der Waals surface area contributed by atoms with Crippen molar-refractivity contribution >= 4 is 11.6 Å². The van der Waals surface area contributed by atoms with E-state index >= 15 is 0 Å². The molecule has 1 aromatic carbocycles. The van der Waals surface area contributed by atoms with E-state index < -0.39 is 36.1 Å². The topological polar surface area (TPSA) is 38.8 Å². The Morgan fingerprint density at radius 3 is 2.46 bits per heavy atom. The summed E-state index contributed by atoms with van der Waals surface area (Å²) in [5.74, 6) is -2.81. The molecule has 0 fully saturated rings. The molecule has 0 N–H and O–H groups in total. The number of hydrogen-bond acceptors (Lipinski definition) is 3. The van der Waals surface area contributed by atoms with E-state index in [2.05, 4.69) is 10.8 Å². The van der Waals surface area contributed by atoms with Gasteiger partial charge in [-0.2, -0.15) is 0 Å². The molecule has 2 rings (SSSR count). The molecule has 1 aliphatic rings. The Morgan fingerprint density at radius 1 is 1.29 bits per heavy atom. The van der Waals surface area contributed by atoms with Crippen molar-refractivity contribution in [1.29, 1.82) is 0 Å². The third kappa shape index (κ3) is 5.00. The first-order valence-electron chi connectivity index (χ1n) is 6.74. The molecule has 0 saturated carbocycles. The van der Waals surface area contributed by atoms with Gasteiger partial charge in [-0.25, -0.2) is 23.6 Å². The van der Waals surface area contributed by atoms with Gasteiger partial charge in [-0.05, 0) is 12.1 Å². The molecule has 129 valence electrons. The third-order valence-electron chi connectivity index (χ3n) is 3.12. The zero-order chi connectivity index (χ0) is 17.0. The fraction of sp³-hybridized carbons (Fsp3) is 0.400. The molecule has 24 heavy (non-hydrogen) atoms. The van der Waals surface area contributed by atoms with Gasteiger partial charge in [0.15, 0.2) is 6.79 Å². The van der Waals surface area contributed by atoms with Crippen molar-refractivity contribution < 1.29 is 64.5 Å². The second-order valence-corrected chi connectivity index (χ2v) is 4.73. The van der Waals surface area contributed by atoms with Crippen LogP contribution in [0.3, 0.4) is 0 Å². The monoisotopic (exact) mass is 421 g/mol. The maximum Gasteiger partial charge on any atom is 0.256 e. The Balaban J connectivity index is 0.00000288. The summed E-state index contributed by atoms with van der Waals surface area (Å²) in [5.41, 5.74) is -0.890. The van der Waals surface area contributed by atoms with Gasteiger partial charge in [0, 0.05) is 46.2 Å². The van der Waals surface area contributed by atoms with Crippen LogP contribution in [-0.2, 0) is 42.2 Å². The van der Waals surface area contributed by atoms with E-state index in [0.29, 0.717) is 4.90 Å². The summed E-state index contributed by atoms with van der Waals surface area (Å²) in [6.07, 6.45) is -0.148. The van der Waals surface area contributed by atoms with Crippen LogP contribution in [0.4, 0.5) is 17.6 Å². The summed E-state index contributed by atoms with van der Waals surface area (Å²) in [4.78, 5) is 12.4. The van der Waals surface area contributed by atoms with Gasteiger partial charge in [0.05, 0.1) is 18.2 Å². The van der Waals surface area contributed by atoms with Gasteiger partial charge in [0.2, 0.25) is 5.91 Å². The summed E-state index contributed by atoms with van der Waals surface area (Å²) < 4.78 is 63.3. The van der Waals surface area contributed by atoms with Crippen LogP contribution in [0, 0.1) is 17.7 Å². The molecule has 9 heteroatoms. The second-order valence-electron chi connectivity index (χ2n) is 4.73. The van der Waals surface area contributed by atoms with Crippen LogP contribution in [0.5, 0.6) is 5.75 Å². The van der Waals surface area contributed by atoms with E-state index in [4.69, 9.17) is 4.74 Å². The van der Waals surface area contributed by atoms with Gasteiger partial charge in [-0.3, -0.25) is 4.79 Å². The first-order chi connectivity index (χ1) is 10.9. The number of carbonyl (C=O) groups excluding carboxylic acids is 1. The normalized spacial score (nSPS) is 14.5. The first kappa shape index (κ1) is 21.1.